The second-order valence-electron chi connectivity index (χ2n) is 6.71. The molecule has 1 atom stereocenters. The van der Waals surface area contributed by atoms with Gasteiger partial charge in [-0.2, -0.15) is 0 Å². The molecule has 2 amide bonds. The molecule has 6 heteroatoms. The Kier molecular flexibility index (Phi) is 7.79. The minimum atomic E-state index is -0.190. The van der Waals surface area contributed by atoms with Crippen molar-refractivity contribution < 1.29 is 14.3 Å². The van der Waals surface area contributed by atoms with E-state index in [1.165, 1.54) is 0 Å². The summed E-state index contributed by atoms with van der Waals surface area (Å²) in [6, 6.07) is 11.3. The number of anilines is 1. The van der Waals surface area contributed by atoms with E-state index in [9.17, 15) is 9.59 Å². The largest absolute Gasteiger partial charge is 0.487 e. The normalized spacial score (nSPS) is 11.7. The molecule has 1 aromatic heterocycles. The summed E-state index contributed by atoms with van der Waals surface area (Å²) >= 11 is 0. The first-order valence-electron chi connectivity index (χ1n) is 9.18. The molecular weight excluding hydrogens is 342 g/mol. The van der Waals surface area contributed by atoms with Crippen LogP contribution in [0.2, 0.25) is 0 Å². The lowest BCUT2D eigenvalue weighted by Crippen LogP contribution is -2.34. The van der Waals surface area contributed by atoms with Crippen LogP contribution in [0.15, 0.2) is 48.8 Å². The SMILES string of the molecule is CC(C)c1ccccc1NC(=O)CCC(=O)NC[C@@H](C)Oc1cccnc1. The highest BCUT2D eigenvalue weighted by Gasteiger charge is 2.12. The van der Waals surface area contributed by atoms with Gasteiger partial charge in [-0.05, 0) is 36.6 Å². The van der Waals surface area contributed by atoms with E-state index >= 15 is 0 Å². The van der Waals surface area contributed by atoms with Crippen molar-refractivity contribution >= 4 is 17.5 Å². The number of nitrogens with one attached hydrogen (secondary N) is 2. The molecule has 0 saturated carbocycles. The highest BCUT2D eigenvalue weighted by molar-refractivity contribution is 5.93. The lowest BCUT2D eigenvalue weighted by Gasteiger charge is -2.15. The molecule has 1 heterocycles. The number of pyridine rings is 1. The van der Waals surface area contributed by atoms with Crippen molar-refractivity contribution in [2.45, 2.75) is 45.6 Å². The first kappa shape index (κ1) is 20.4. The standard InChI is InChI=1S/C21H27N3O3/c1-15(2)18-8-4-5-9-19(18)24-21(26)11-10-20(25)23-13-16(3)27-17-7-6-12-22-14-17/h4-9,12,14-16H,10-11,13H2,1-3H3,(H,23,25)(H,24,26)/t16-/m1/s1. The number of carbonyl (C=O) groups excluding carboxylic acids is 2. The van der Waals surface area contributed by atoms with Crippen LogP contribution in [0.1, 0.15) is 45.1 Å². The highest BCUT2D eigenvalue weighted by Crippen LogP contribution is 2.23. The fourth-order valence-corrected chi connectivity index (χ4v) is 2.59. The lowest BCUT2D eigenvalue weighted by atomic mass is 10.0. The van der Waals surface area contributed by atoms with Gasteiger partial charge in [-0.15, -0.1) is 0 Å². The van der Waals surface area contributed by atoms with Crippen molar-refractivity contribution in [2.75, 3.05) is 11.9 Å². The molecule has 0 aliphatic carbocycles. The summed E-state index contributed by atoms with van der Waals surface area (Å²) in [4.78, 5) is 28.1. The van der Waals surface area contributed by atoms with E-state index in [0.29, 0.717) is 18.2 Å². The molecule has 2 N–H and O–H groups in total. The third kappa shape index (κ3) is 7.09. The molecule has 1 aromatic carbocycles. The van der Waals surface area contributed by atoms with Crippen LogP contribution in [0.5, 0.6) is 5.75 Å². The molecule has 0 saturated heterocycles. The molecule has 0 fully saturated rings. The minimum Gasteiger partial charge on any atom is -0.487 e. The summed E-state index contributed by atoms with van der Waals surface area (Å²) in [6.07, 6.45) is 3.37. The molecule has 27 heavy (non-hydrogen) atoms. The van der Waals surface area contributed by atoms with Crippen LogP contribution in [0, 0.1) is 0 Å². The molecule has 0 bridgehead atoms. The third-order valence-corrected chi connectivity index (χ3v) is 3.99. The summed E-state index contributed by atoms with van der Waals surface area (Å²) in [5.74, 6) is 0.621. The zero-order valence-electron chi connectivity index (χ0n) is 16.1. The van der Waals surface area contributed by atoms with Gasteiger partial charge in [0.2, 0.25) is 11.8 Å². The summed E-state index contributed by atoms with van der Waals surface area (Å²) < 4.78 is 5.65. The molecule has 0 aliphatic heterocycles. The maximum atomic E-state index is 12.1. The van der Waals surface area contributed by atoms with Gasteiger partial charge in [0, 0.05) is 24.7 Å². The fourth-order valence-electron chi connectivity index (χ4n) is 2.59. The Hall–Kier alpha value is -2.89. The zero-order chi connectivity index (χ0) is 19.6. The molecule has 2 rings (SSSR count). The average molecular weight is 369 g/mol. The number of hydrogen-bond acceptors (Lipinski definition) is 4. The number of nitrogens with zero attached hydrogens (tertiary/aromatic N) is 1. The Morgan fingerprint density at radius 3 is 2.48 bits per heavy atom. The molecule has 0 spiro atoms. The summed E-state index contributed by atoms with van der Waals surface area (Å²) in [7, 11) is 0. The van der Waals surface area contributed by atoms with Gasteiger partial charge in [0.15, 0.2) is 0 Å². The maximum Gasteiger partial charge on any atom is 0.224 e. The first-order valence-corrected chi connectivity index (χ1v) is 9.18. The van der Waals surface area contributed by atoms with Gasteiger partial charge >= 0.3 is 0 Å². The Bertz CT molecular complexity index is 747. The van der Waals surface area contributed by atoms with Crippen LogP contribution < -0.4 is 15.4 Å². The molecule has 2 aromatic rings. The predicted octanol–water partition coefficient (Wildman–Crippen LogP) is 3.51. The van der Waals surface area contributed by atoms with E-state index in [0.717, 1.165) is 11.3 Å². The van der Waals surface area contributed by atoms with E-state index < -0.39 is 0 Å². The molecule has 0 unspecified atom stereocenters. The molecular formula is C21H27N3O3. The quantitative estimate of drug-likeness (QED) is 0.709. The number of ether oxygens (including phenoxy) is 1. The zero-order valence-corrected chi connectivity index (χ0v) is 16.1. The van der Waals surface area contributed by atoms with Crippen molar-refractivity contribution in [3.63, 3.8) is 0 Å². The summed E-state index contributed by atoms with van der Waals surface area (Å²) in [5, 5.41) is 5.68. The minimum absolute atomic E-state index is 0.134. The van der Waals surface area contributed by atoms with Gasteiger partial charge in [0.1, 0.15) is 11.9 Å². The number of benzene rings is 1. The number of hydrogen-bond donors (Lipinski definition) is 2. The Balaban J connectivity index is 1.71. The van der Waals surface area contributed by atoms with E-state index in [4.69, 9.17) is 4.74 Å². The van der Waals surface area contributed by atoms with Gasteiger partial charge in [0.25, 0.3) is 0 Å². The first-order chi connectivity index (χ1) is 13.0. The summed E-state index contributed by atoms with van der Waals surface area (Å²) in [6.45, 7) is 6.38. The lowest BCUT2D eigenvalue weighted by molar-refractivity contribution is -0.124. The molecule has 0 aliphatic rings. The van der Waals surface area contributed by atoms with E-state index in [-0.39, 0.29) is 30.8 Å². The Morgan fingerprint density at radius 1 is 1.04 bits per heavy atom. The number of carbonyl (C=O) groups is 2. The van der Waals surface area contributed by atoms with Crippen LogP contribution >= 0.6 is 0 Å². The van der Waals surface area contributed by atoms with Crippen LogP contribution in [0.3, 0.4) is 0 Å². The number of rotatable bonds is 9. The smallest absolute Gasteiger partial charge is 0.224 e. The number of aromatic nitrogens is 1. The van der Waals surface area contributed by atoms with Gasteiger partial charge in [-0.25, -0.2) is 0 Å². The highest BCUT2D eigenvalue weighted by atomic mass is 16.5. The number of amides is 2. The average Bonchev–Trinajstić information content (AvgIpc) is 2.66. The van der Waals surface area contributed by atoms with Crippen LogP contribution in [-0.2, 0) is 9.59 Å². The monoisotopic (exact) mass is 369 g/mol. The van der Waals surface area contributed by atoms with Crippen molar-refractivity contribution in [2.24, 2.45) is 0 Å². The summed E-state index contributed by atoms with van der Waals surface area (Å²) in [5.41, 5.74) is 1.88. The van der Waals surface area contributed by atoms with Gasteiger partial charge in [0.05, 0.1) is 12.7 Å². The van der Waals surface area contributed by atoms with Crippen molar-refractivity contribution in [3.05, 3.63) is 54.4 Å². The predicted molar refractivity (Wildman–Crippen MR) is 106 cm³/mol. The molecule has 144 valence electrons. The maximum absolute atomic E-state index is 12.1. The second-order valence-corrected chi connectivity index (χ2v) is 6.71. The Labute approximate surface area is 160 Å². The Morgan fingerprint density at radius 2 is 1.78 bits per heavy atom. The van der Waals surface area contributed by atoms with Crippen molar-refractivity contribution in [1.29, 1.82) is 0 Å². The van der Waals surface area contributed by atoms with Crippen LogP contribution in [0.4, 0.5) is 5.69 Å². The van der Waals surface area contributed by atoms with Crippen molar-refractivity contribution in [3.8, 4) is 5.75 Å². The van der Waals surface area contributed by atoms with Crippen molar-refractivity contribution in [1.82, 2.24) is 10.3 Å². The van der Waals surface area contributed by atoms with E-state index in [1.54, 1.807) is 18.5 Å². The number of para-hydroxylation sites is 1. The van der Waals surface area contributed by atoms with Crippen LogP contribution in [0.25, 0.3) is 0 Å². The topological polar surface area (TPSA) is 80.3 Å². The van der Waals surface area contributed by atoms with E-state index in [1.807, 2.05) is 37.3 Å². The fraction of sp³-hybridized carbons (Fsp3) is 0.381. The molecule has 0 radical (unpaired) electrons. The van der Waals surface area contributed by atoms with Gasteiger partial charge in [-0.1, -0.05) is 32.0 Å². The van der Waals surface area contributed by atoms with E-state index in [2.05, 4.69) is 29.5 Å². The van der Waals surface area contributed by atoms with Crippen LogP contribution in [-0.4, -0.2) is 29.4 Å². The third-order valence-electron chi connectivity index (χ3n) is 3.99. The van der Waals surface area contributed by atoms with Gasteiger partial charge in [-0.3, -0.25) is 14.6 Å². The molecule has 6 nitrogen and oxygen atoms in total. The van der Waals surface area contributed by atoms with Gasteiger partial charge < -0.3 is 15.4 Å². The second kappa shape index (κ2) is 10.3.